The van der Waals surface area contributed by atoms with E-state index in [1.165, 1.54) is 323 Å². The first kappa shape index (κ1) is 82.6. The maximum absolute atomic E-state index is 5.55. The number of hydrogen-bond donors (Lipinski definition) is 0. The Kier molecular flexibility index (Phi) is 33.2. The summed E-state index contributed by atoms with van der Waals surface area (Å²) >= 11 is 0. The summed E-state index contributed by atoms with van der Waals surface area (Å²) in [6.45, 7) is 19.1. The monoisotopic (exact) mass is 1500 g/mol. The van der Waals surface area contributed by atoms with Gasteiger partial charge < -0.3 is 0 Å². The fraction of sp³-hybridized carbons (Fsp3) is 0.673. The van der Waals surface area contributed by atoms with E-state index in [1.807, 2.05) is 0 Å². The molecule has 10 heteroatoms. The summed E-state index contributed by atoms with van der Waals surface area (Å²) in [6, 6.07) is 32.4. The van der Waals surface area contributed by atoms with Gasteiger partial charge in [0.05, 0.1) is 0 Å². The van der Waals surface area contributed by atoms with Crippen molar-refractivity contribution in [3.05, 3.63) is 117 Å². The number of rotatable bonds is 31. The van der Waals surface area contributed by atoms with E-state index in [1.54, 1.807) is 0 Å². The molecule has 0 radical (unpaired) electrons. The van der Waals surface area contributed by atoms with Crippen molar-refractivity contribution in [3.63, 3.8) is 0 Å². The maximum atomic E-state index is 5.55. The van der Waals surface area contributed by atoms with Gasteiger partial charge in [0, 0.05) is 98.1 Å². The molecule has 8 aliphatic rings. The molecule has 4 aromatic carbocycles. The van der Waals surface area contributed by atoms with Crippen LogP contribution in [0.4, 0.5) is 0 Å². The lowest BCUT2D eigenvalue weighted by atomic mass is 9.85. The molecular weight excluding hydrogens is 1350 g/mol. The predicted octanol–water partition coefficient (Wildman–Crippen LogP) is 24.4. The molecular formula is C98H144N8P2. The molecule has 0 amide bonds. The smallest absolute Gasteiger partial charge is 0.0499 e. The molecule has 0 aromatic heterocycles. The van der Waals surface area contributed by atoms with Crippen LogP contribution in [0.3, 0.4) is 0 Å². The van der Waals surface area contributed by atoms with Crippen molar-refractivity contribution in [1.29, 1.82) is 0 Å². The van der Waals surface area contributed by atoms with Crippen molar-refractivity contribution >= 4 is 86.8 Å². The summed E-state index contributed by atoms with van der Waals surface area (Å²) in [7, 11) is -2.08. The molecule has 8 aliphatic carbocycles. The van der Waals surface area contributed by atoms with Gasteiger partial charge in [-0.2, -0.15) is 0 Å². The van der Waals surface area contributed by atoms with Gasteiger partial charge in [-0.25, -0.2) is 0 Å². The van der Waals surface area contributed by atoms with E-state index in [4.69, 9.17) is 39.9 Å². The van der Waals surface area contributed by atoms with Crippen LogP contribution in [0.2, 0.25) is 0 Å². The third-order valence-corrected chi connectivity index (χ3v) is 33.2. The lowest BCUT2D eigenvalue weighted by Crippen LogP contribution is -2.23. The highest BCUT2D eigenvalue weighted by molar-refractivity contribution is 7.76. The maximum Gasteiger partial charge on any atom is 0.0499 e. The normalized spacial score (nSPS) is 23.6. The van der Waals surface area contributed by atoms with Crippen LogP contribution in [-0.2, 0) is 0 Å². The highest BCUT2D eigenvalue weighted by atomic mass is 31.1. The molecule has 0 unspecified atom stereocenters. The largest absolute Gasteiger partial charge is 0.289 e. The fourth-order valence-corrected chi connectivity index (χ4v) is 26.1. The highest BCUT2D eigenvalue weighted by Gasteiger charge is 2.29. The van der Waals surface area contributed by atoms with E-state index in [-0.39, 0.29) is 48.3 Å². The van der Waals surface area contributed by atoms with E-state index in [9.17, 15) is 0 Å². The lowest BCUT2D eigenvalue weighted by Gasteiger charge is -2.27. The quantitative estimate of drug-likeness (QED) is 0.0354. The Morgan fingerprint density at radius 1 is 0.204 bits per heavy atom. The Morgan fingerprint density at radius 2 is 0.324 bits per heavy atom. The molecule has 586 valence electrons. The second-order valence-electron chi connectivity index (χ2n) is 36.1. The van der Waals surface area contributed by atoms with Gasteiger partial charge in [-0.15, -0.1) is 0 Å². The third-order valence-electron chi connectivity index (χ3n) is 28.0. The first-order chi connectivity index (χ1) is 52.8. The molecule has 108 heavy (non-hydrogen) atoms. The molecule has 8 saturated carbocycles. The highest BCUT2D eigenvalue weighted by Crippen LogP contribution is 2.44. The average molecular weight is 1500 g/mol. The van der Waals surface area contributed by atoms with Crippen LogP contribution in [-0.4, -0.2) is 110 Å². The molecule has 0 N–H and O–H groups in total. The molecule has 8 atom stereocenters. The van der Waals surface area contributed by atoms with E-state index in [0.717, 1.165) is 12.3 Å². The minimum Gasteiger partial charge on any atom is -0.289 e. The van der Waals surface area contributed by atoms with Crippen molar-refractivity contribution in [2.24, 2.45) is 87.3 Å². The van der Waals surface area contributed by atoms with E-state index >= 15 is 0 Å². The Balaban J connectivity index is 1.04. The SMILES string of the molecule is C[C@H](N=Cc1cc(C=N[C@@H](C)C2CCCCC2)cc(P(CCP(c2cc(C=N[C@@H](C)C3CCCCC3)cc(C=N[C@@H](C)C3CCCCC3)c2)c2cc(C=N[C@@H](C)C3CCCCC3)cc(C=N[C@@H](C)C3CCCCC3)c2)c2cc(C=N[C@@H](C)C3CCCCC3)cc(C=N[C@@H](C)C3CCCCC3)c2)c1)C1CCCCC1. The molecule has 12 rings (SSSR count). The molecule has 0 spiro atoms. The first-order valence-electron chi connectivity index (χ1n) is 45.2. The summed E-state index contributed by atoms with van der Waals surface area (Å²) < 4.78 is 0. The Morgan fingerprint density at radius 3 is 0.444 bits per heavy atom. The lowest BCUT2D eigenvalue weighted by molar-refractivity contribution is 0.318. The van der Waals surface area contributed by atoms with Crippen LogP contribution in [0.1, 0.15) is 357 Å². The summed E-state index contributed by atoms with van der Waals surface area (Å²) in [4.78, 5) is 44.4. The first-order valence-corrected chi connectivity index (χ1v) is 48.3. The van der Waals surface area contributed by atoms with Crippen LogP contribution >= 0.6 is 15.8 Å². The van der Waals surface area contributed by atoms with Gasteiger partial charge in [-0.05, 0) is 372 Å². The van der Waals surface area contributed by atoms with Gasteiger partial charge in [0.15, 0.2) is 0 Å². The minimum atomic E-state index is -1.04. The molecule has 0 bridgehead atoms. The van der Waals surface area contributed by atoms with Crippen molar-refractivity contribution in [2.45, 2.75) is 361 Å². The van der Waals surface area contributed by atoms with Crippen LogP contribution in [0, 0.1) is 47.3 Å². The molecule has 0 aliphatic heterocycles. The predicted molar refractivity (Wildman–Crippen MR) is 477 cm³/mol. The molecule has 4 aromatic rings. The Labute approximate surface area is 660 Å². The number of hydrogen-bond acceptors (Lipinski definition) is 8. The topological polar surface area (TPSA) is 98.9 Å². The van der Waals surface area contributed by atoms with Crippen LogP contribution < -0.4 is 21.2 Å². The molecule has 0 heterocycles. The van der Waals surface area contributed by atoms with Crippen molar-refractivity contribution < 1.29 is 0 Å². The van der Waals surface area contributed by atoms with Crippen LogP contribution in [0.5, 0.6) is 0 Å². The van der Waals surface area contributed by atoms with Gasteiger partial charge >= 0.3 is 0 Å². The zero-order chi connectivity index (χ0) is 74.8. The minimum absolute atomic E-state index is 0.274. The summed E-state index contributed by atoms with van der Waals surface area (Å²) in [5, 5.41) is 5.59. The van der Waals surface area contributed by atoms with Gasteiger partial charge in [-0.3, -0.25) is 39.9 Å². The standard InChI is InChI=1S/C98H144N8P2/c1-71(87-33-17-9-18-34-87)99-63-79-51-80(64-100-72(2)88-35-19-10-20-36-88)56-95(55-79)107(96-57-81(65-101-73(3)89-37-21-11-22-38-89)52-82(58-96)66-102-74(4)90-39-23-12-24-40-90)49-50-108(97-59-83(67-103-75(5)91-41-25-13-26-42-91)53-84(60-97)68-104-76(6)92-43-27-14-28-44-92)98-61-85(69-105-77(7)93-45-29-15-30-46-93)54-86(62-98)70-106-78(8)94-47-31-16-32-48-94/h51-78,87-94H,9-50H2,1-8H3/t71-,72-,73-,74-,75-,76-,77-,78-,107?,108?/m0/s1. The average Bonchev–Trinajstić information content (AvgIpc) is 0.796. The zero-order valence-electron chi connectivity index (χ0n) is 69.0. The van der Waals surface area contributed by atoms with E-state index in [2.05, 4.69) is 178 Å². The fourth-order valence-electron chi connectivity index (χ4n) is 20.4. The van der Waals surface area contributed by atoms with Crippen molar-refractivity contribution in [3.8, 4) is 0 Å². The number of nitrogens with zero attached hydrogens (tertiary/aromatic N) is 8. The number of aliphatic imine (C=N–C) groups is 8. The molecule has 8 fully saturated rings. The van der Waals surface area contributed by atoms with E-state index < -0.39 is 15.8 Å². The van der Waals surface area contributed by atoms with Gasteiger partial charge in [0.1, 0.15) is 0 Å². The summed E-state index contributed by atoms with van der Waals surface area (Å²) in [6.07, 6.45) is 72.5. The third kappa shape index (κ3) is 25.3. The Hall–Kier alpha value is -4.90. The van der Waals surface area contributed by atoms with Gasteiger partial charge in [-0.1, -0.05) is 154 Å². The van der Waals surface area contributed by atoms with Crippen LogP contribution in [0.15, 0.2) is 113 Å². The van der Waals surface area contributed by atoms with E-state index in [0.29, 0.717) is 47.3 Å². The van der Waals surface area contributed by atoms with Crippen molar-refractivity contribution in [2.75, 3.05) is 12.3 Å². The second-order valence-corrected chi connectivity index (χ2v) is 40.7. The Bertz CT molecular complexity index is 2930. The zero-order valence-corrected chi connectivity index (χ0v) is 70.7. The summed E-state index contributed by atoms with van der Waals surface area (Å²) in [5.41, 5.74) is 9.56. The second kappa shape index (κ2) is 43.4. The van der Waals surface area contributed by atoms with Crippen LogP contribution in [0.25, 0.3) is 0 Å². The summed E-state index contributed by atoms with van der Waals surface area (Å²) in [5.74, 6) is 5.05. The number of benzene rings is 4. The van der Waals surface area contributed by atoms with Gasteiger partial charge in [0.25, 0.3) is 0 Å². The van der Waals surface area contributed by atoms with Crippen molar-refractivity contribution in [1.82, 2.24) is 0 Å². The molecule has 8 nitrogen and oxygen atoms in total. The van der Waals surface area contributed by atoms with Gasteiger partial charge in [0.2, 0.25) is 0 Å². The molecule has 0 saturated heterocycles.